The topological polar surface area (TPSA) is 26.0 Å². The Bertz CT molecular complexity index is 356. The molecule has 2 N–H and O–H groups in total. The van der Waals surface area contributed by atoms with Crippen molar-refractivity contribution in [2.45, 2.75) is 19.9 Å². The maximum Gasteiger partial charge on any atom is 0.0542 e. The van der Waals surface area contributed by atoms with Crippen LogP contribution in [0.3, 0.4) is 0 Å². The molecular formula is C11H13ClIN. The minimum absolute atomic E-state index is 0.0606. The molecule has 1 aromatic carbocycles. The summed E-state index contributed by atoms with van der Waals surface area (Å²) in [5, 5.41) is 0.765. The summed E-state index contributed by atoms with van der Waals surface area (Å²) in [5.41, 5.74) is 8.24. The lowest BCUT2D eigenvalue weighted by Crippen LogP contribution is -2.07. The highest BCUT2D eigenvalue weighted by molar-refractivity contribution is 14.1. The van der Waals surface area contributed by atoms with Gasteiger partial charge in [-0.3, -0.25) is 0 Å². The van der Waals surface area contributed by atoms with Gasteiger partial charge in [0.1, 0.15) is 0 Å². The summed E-state index contributed by atoms with van der Waals surface area (Å²) in [4.78, 5) is 0. The highest BCUT2D eigenvalue weighted by Crippen LogP contribution is 2.23. The van der Waals surface area contributed by atoms with Gasteiger partial charge in [0.15, 0.2) is 0 Å². The maximum absolute atomic E-state index is 6.01. The summed E-state index contributed by atoms with van der Waals surface area (Å²) < 4.78 is 1.05. The van der Waals surface area contributed by atoms with E-state index in [2.05, 4.69) is 22.6 Å². The molecule has 0 aromatic heterocycles. The second kappa shape index (κ2) is 5.14. The zero-order chi connectivity index (χ0) is 10.7. The Hall–Kier alpha value is -0.0600. The molecule has 1 aromatic rings. The van der Waals surface area contributed by atoms with E-state index in [1.54, 1.807) is 0 Å². The van der Waals surface area contributed by atoms with Gasteiger partial charge in [0.25, 0.3) is 0 Å². The Balaban J connectivity index is 2.97. The Morgan fingerprint density at radius 2 is 2.14 bits per heavy atom. The van der Waals surface area contributed by atoms with Gasteiger partial charge in [0.05, 0.1) is 5.02 Å². The maximum atomic E-state index is 6.01. The van der Waals surface area contributed by atoms with E-state index < -0.39 is 0 Å². The van der Waals surface area contributed by atoms with E-state index in [4.69, 9.17) is 17.3 Å². The number of rotatable bonds is 2. The minimum Gasteiger partial charge on any atom is -0.321 e. The molecule has 0 aliphatic rings. The van der Waals surface area contributed by atoms with Crippen LogP contribution in [-0.2, 0) is 0 Å². The van der Waals surface area contributed by atoms with Crippen molar-refractivity contribution in [1.82, 2.24) is 0 Å². The lowest BCUT2D eigenvalue weighted by molar-refractivity contribution is 0.899. The van der Waals surface area contributed by atoms with Crippen molar-refractivity contribution in [3.8, 4) is 0 Å². The molecule has 0 fully saturated rings. The second-order valence-electron chi connectivity index (χ2n) is 3.44. The fraction of sp³-hybridized carbons (Fsp3) is 0.273. The lowest BCUT2D eigenvalue weighted by Gasteiger charge is -2.09. The highest BCUT2D eigenvalue weighted by Gasteiger charge is 2.04. The van der Waals surface area contributed by atoms with Gasteiger partial charge in [-0.15, -0.1) is 0 Å². The molecular weight excluding hydrogens is 308 g/mol. The van der Waals surface area contributed by atoms with Gasteiger partial charge >= 0.3 is 0 Å². The quantitative estimate of drug-likeness (QED) is 0.648. The van der Waals surface area contributed by atoms with E-state index in [-0.39, 0.29) is 6.04 Å². The van der Waals surface area contributed by atoms with Crippen LogP contribution in [0.5, 0.6) is 0 Å². The molecule has 3 heteroatoms. The van der Waals surface area contributed by atoms with Crippen molar-refractivity contribution in [3.05, 3.63) is 44.0 Å². The van der Waals surface area contributed by atoms with Crippen LogP contribution in [0.2, 0.25) is 5.02 Å². The normalized spacial score (nSPS) is 12.4. The van der Waals surface area contributed by atoms with Crippen molar-refractivity contribution < 1.29 is 0 Å². The van der Waals surface area contributed by atoms with E-state index >= 15 is 0 Å². The van der Waals surface area contributed by atoms with Crippen LogP contribution in [0.15, 0.2) is 29.8 Å². The van der Waals surface area contributed by atoms with Crippen molar-refractivity contribution in [1.29, 1.82) is 0 Å². The number of hydrogen-bond acceptors (Lipinski definition) is 1. The monoisotopic (exact) mass is 321 g/mol. The van der Waals surface area contributed by atoms with E-state index in [1.807, 2.05) is 38.1 Å². The van der Waals surface area contributed by atoms with Crippen molar-refractivity contribution >= 4 is 34.2 Å². The molecule has 0 aliphatic carbocycles. The number of hydrogen-bond donors (Lipinski definition) is 1. The molecule has 0 saturated heterocycles. The molecule has 1 unspecified atom stereocenters. The van der Waals surface area contributed by atoms with Crippen LogP contribution in [0.1, 0.15) is 25.5 Å². The van der Waals surface area contributed by atoms with Gasteiger partial charge in [0.2, 0.25) is 0 Å². The summed E-state index contributed by atoms with van der Waals surface area (Å²) in [6.45, 7) is 4.07. The van der Waals surface area contributed by atoms with Gasteiger partial charge in [-0.2, -0.15) is 0 Å². The molecule has 0 radical (unpaired) electrons. The predicted molar refractivity (Wildman–Crippen MR) is 70.5 cm³/mol. The third-order valence-corrected chi connectivity index (χ3v) is 3.41. The molecule has 1 rings (SSSR count). The average molecular weight is 322 g/mol. The first kappa shape index (κ1) is 12.0. The summed E-state index contributed by atoms with van der Waals surface area (Å²) in [5.74, 6) is 0. The zero-order valence-corrected chi connectivity index (χ0v) is 11.1. The van der Waals surface area contributed by atoms with Gasteiger partial charge in [0, 0.05) is 9.61 Å². The fourth-order valence-corrected chi connectivity index (χ4v) is 1.70. The van der Waals surface area contributed by atoms with Crippen LogP contribution in [0, 0.1) is 3.57 Å². The van der Waals surface area contributed by atoms with Gasteiger partial charge in [-0.05, 0) is 54.1 Å². The standard InChI is InChI=1S/C11H13ClIN/c1-7(2)5-11(14)8-3-4-10(13)9(12)6-8/h3-6,11H,14H2,1-2H3. The summed E-state index contributed by atoms with van der Waals surface area (Å²) in [7, 11) is 0. The first-order valence-corrected chi connectivity index (χ1v) is 5.82. The molecule has 0 amide bonds. The third-order valence-electron chi connectivity index (χ3n) is 1.84. The molecule has 1 atom stereocenters. The van der Waals surface area contributed by atoms with E-state index in [9.17, 15) is 0 Å². The van der Waals surface area contributed by atoms with E-state index in [1.165, 1.54) is 5.57 Å². The minimum atomic E-state index is -0.0606. The van der Waals surface area contributed by atoms with E-state index in [0.717, 1.165) is 14.2 Å². The number of benzene rings is 1. The van der Waals surface area contributed by atoms with Crippen molar-refractivity contribution in [2.24, 2.45) is 5.73 Å². The molecule has 1 nitrogen and oxygen atoms in total. The van der Waals surface area contributed by atoms with Gasteiger partial charge < -0.3 is 5.73 Å². The predicted octanol–water partition coefficient (Wildman–Crippen LogP) is 3.91. The first-order chi connectivity index (χ1) is 6.50. The Kier molecular flexibility index (Phi) is 4.41. The highest BCUT2D eigenvalue weighted by atomic mass is 127. The van der Waals surface area contributed by atoms with Crippen LogP contribution in [-0.4, -0.2) is 0 Å². The van der Waals surface area contributed by atoms with Crippen LogP contribution >= 0.6 is 34.2 Å². The number of halogens is 2. The molecule has 0 bridgehead atoms. The van der Waals surface area contributed by atoms with Crippen LogP contribution in [0.25, 0.3) is 0 Å². The van der Waals surface area contributed by atoms with Gasteiger partial charge in [-0.25, -0.2) is 0 Å². The average Bonchev–Trinajstić information content (AvgIpc) is 2.08. The molecule has 76 valence electrons. The van der Waals surface area contributed by atoms with Gasteiger partial charge in [-0.1, -0.05) is 29.3 Å². The Morgan fingerprint density at radius 1 is 1.50 bits per heavy atom. The third kappa shape index (κ3) is 3.26. The lowest BCUT2D eigenvalue weighted by atomic mass is 10.1. The van der Waals surface area contributed by atoms with Crippen molar-refractivity contribution in [2.75, 3.05) is 0 Å². The van der Waals surface area contributed by atoms with Crippen LogP contribution < -0.4 is 5.73 Å². The molecule has 0 heterocycles. The second-order valence-corrected chi connectivity index (χ2v) is 5.01. The molecule has 0 saturated carbocycles. The largest absolute Gasteiger partial charge is 0.321 e. The SMILES string of the molecule is CC(C)=CC(N)c1ccc(I)c(Cl)c1. The summed E-state index contributed by atoms with van der Waals surface area (Å²) in [6.07, 6.45) is 2.03. The zero-order valence-electron chi connectivity index (χ0n) is 8.22. The first-order valence-electron chi connectivity index (χ1n) is 4.36. The summed E-state index contributed by atoms with van der Waals surface area (Å²) >= 11 is 8.21. The number of nitrogens with two attached hydrogens (primary N) is 1. The Morgan fingerprint density at radius 3 is 2.64 bits per heavy atom. The summed E-state index contributed by atoms with van der Waals surface area (Å²) in [6, 6.07) is 5.86. The number of allylic oxidation sites excluding steroid dienone is 1. The smallest absolute Gasteiger partial charge is 0.0542 e. The molecule has 0 aliphatic heterocycles. The van der Waals surface area contributed by atoms with E-state index in [0.29, 0.717) is 0 Å². The van der Waals surface area contributed by atoms with Crippen molar-refractivity contribution in [3.63, 3.8) is 0 Å². The van der Waals surface area contributed by atoms with Crippen LogP contribution in [0.4, 0.5) is 0 Å². The molecule has 0 spiro atoms. The molecule has 14 heavy (non-hydrogen) atoms. The fourth-order valence-electron chi connectivity index (χ4n) is 1.18. The Labute approximate surface area is 103 Å².